The molecule has 3 N–H and O–H groups in total. The number of nitrogens with two attached hydrogens (primary N) is 1. The van der Waals surface area contributed by atoms with Crippen LogP contribution in [0.2, 0.25) is 0 Å². The maximum atomic E-state index is 12.3. The number of hydrogen-bond acceptors (Lipinski definition) is 4. The summed E-state index contributed by atoms with van der Waals surface area (Å²) in [6.07, 6.45) is 3.11. The number of unbranched alkanes of at least 4 members (excludes halogenated alkanes) is 1. The fourth-order valence-electron chi connectivity index (χ4n) is 2.64. The van der Waals surface area contributed by atoms with Gasteiger partial charge in [-0.3, -0.25) is 9.59 Å². The average molecular weight is 353 g/mol. The molecule has 1 atom stereocenters. The highest BCUT2D eigenvalue weighted by Gasteiger charge is 2.15. The lowest BCUT2D eigenvalue weighted by Gasteiger charge is -2.16. The molecular weight excluding hydrogens is 328 g/mol. The van der Waals surface area contributed by atoms with Crippen LogP contribution in [0.1, 0.15) is 31.9 Å². The number of halogens is 1. The Balaban J connectivity index is 0.00000288. The molecule has 0 aliphatic carbocycles. The number of rotatable bonds is 7. The summed E-state index contributed by atoms with van der Waals surface area (Å²) in [7, 11) is 1.60. The van der Waals surface area contributed by atoms with Crippen molar-refractivity contribution in [1.82, 2.24) is 15.1 Å². The van der Waals surface area contributed by atoms with Crippen LogP contribution in [-0.4, -0.2) is 28.3 Å². The maximum Gasteiger partial charge on any atom is 0.274 e. The lowest BCUT2D eigenvalue weighted by atomic mass is 10.1. The molecule has 1 heterocycles. The van der Waals surface area contributed by atoms with Gasteiger partial charge in [-0.2, -0.15) is 5.10 Å². The Morgan fingerprint density at radius 2 is 2.00 bits per heavy atom. The molecule has 0 bridgehead atoms. The van der Waals surface area contributed by atoms with Gasteiger partial charge >= 0.3 is 0 Å². The van der Waals surface area contributed by atoms with Crippen molar-refractivity contribution in [3.8, 4) is 0 Å². The number of fused-ring (bicyclic) bond motifs is 1. The molecule has 24 heavy (non-hydrogen) atoms. The van der Waals surface area contributed by atoms with Gasteiger partial charge in [0.15, 0.2) is 0 Å². The standard InChI is InChI=1S/C17H24N4O2.ClH/c1-3-4-7-12(11-18)19-16(22)10-15-13-8-5-6-9-14(13)17(23)21(2)20-15;/h5-6,8-9,12H,3-4,7,10-11,18H2,1-2H3,(H,19,22);1H. The number of carbonyl (C=O) groups is 1. The molecule has 0 saturated carbocycles. The molecule has 1 unspecified atom stereocenters. The highest BCUT2D eigenvalue weighted by molar-refractivity contribution is 5.88. The summed E-state index contributed by atoms with van der Waals surface area (Å²) in [4.78, 5) is 24.4. The topological polar surface area (TPSA) is 90.0 Å². The van der Waals surface area contributed by atoms with E-state index >= 15 is 0 Å². The van der Waals surface area contributed by atoms with Gasteiger partial charge in [-0.25, -0.2) is 4.68 Å². The van der Waals surface area contributed by atoms with Crippen LogP contribution in [0, 0.1) is 0 Å². The SMILES string of the molecule is CCCCC(CN)NC(=O)Cc1nn(C)c(=O)c2ccccc12.Cl. The predicted molar refractivity (Wildman–Crippen MR) is 98.4 cm³/mol. The van der Waals surface area contributed by atoms with E-state index in [1.165, 1.54) is 4.68 Å². The molecule has 0 aliphatic heterocycles. The van der Waals surface area contributed by atoms with Gasteiger partial charge in [-0.05, 0) is 12.5 Å². The molecule has 0 radical (unpaired) electrons. The van der Waals surface area contributed by atoms with Crippen LogP contribution in [0.15, 0.2) is 29.1 Å². The molecule has 6 nitrogen and oxygen atoms in total. The van der Waals surface area contributed by atoms with Crippen molar-refractivity contribution in [2.45, 2.75) is 38.6 Å². The fraction of sp³-hybridized carbons (Fsp3) is 0.471. The molecule has 2 rings (SSSR count). The Labute approximate surface area is 147 Å². The molecule has 132 valence electrons. The zero-order valence-corrected chi connectivity index (χ0v) is 14.9. The quantitative estimate of drug-likeness (QED) is 0.790. The lowest BCUT2D eigenvalue weighted by molar-refractivity contribution is -0.121. The number of aryl methyl sites for hydroxylation is 1. The molecule has 7 heteroatoms. The van der Waals surface area contributed by atoms with Crippen LogP contribution >= 0.6 is 12.4 Å². The first-order valence-corrected chi connectivity index (χ1v) is 8.01. The first kappa shape index (κ1) is 20.1. The van der Waals surface area contributed by atoms with E-state index in [-0.39, 0.29) is 36.3 Å². The normalized spacial score (nSPS) is 11.8. The van der Waals surface area contributed by atoms with Crippen molar-refractivity contribution in [2.75, 3.05) is 6.54 Å². The monoisotopic (exact) mass is 352 g/mol. The van der Waals surface area contributed by atoms with Gasteiger partial charge in [0.05, 0.1) is 17.5 Å². The Bertz CT molecular complexity index is 745. The number of amides is 1. The maximum absolute atomic E-state index is 12.3. The van der Waals surface area contributed by atoms with E-state index in [1.807, 2.05) is 18.2 Å². The minimum absolute atomic E-state index is 0. The van der Waals surface area contributed by atoms with Crippen LogP contribution in [0.5, 0.6) is 0 Å². The van der Waals surface area contributed by atoms with Crippen LogP contribution in [0.4, 0.5) is 0 Å². The predicted octanol–water partition coefficient (Wildman–Crippen LogP) is 1.53. The highest BCUT2D eigenvalue weighted by Crippen LogP contribution is 2.13. The number of nitrogens with one attached hydrogen (secondary N) is 1. The molecule has 0 aliphatic rings. The molecule has 1 aromatic heterocycles. The second kappa shape index (κ2) is 9.39. The van der Waals surface area contributed by atoms with E-state index in [0.29, 0.717) is 17.6 Å². The van der Waals surface area contributed by atoms with E-state index < -0.39 is 0 Å². The number of aromatic nitrogens is 2. The Morgan fingerprint density at radius 3 is 2.62 bits per heavy atom. The van der Waals surface area contributed by atoms with Crippen molar-refractivity contribution in [3.63, 3.8) is 0 Å². The van der Waals surface area contributed by atoms with Gasteiger partial charge in [-0.1, -0.05) is 38.0 Å². The first-order chi connectivity index (χ1) is 11.1. The molecule has 1 aromatic carbocycles. The van der Waals surface area contributed by atoms with Gasteiger partial charge in [0.1, 0.15) is 0 Å². The number of hydrogen-bond donors (Lipinski definition) is 2. The van der Waals surface area contributed by atoms with Crippen LogP contribution in [0.3, 0.4) is 0 Å². The molecule has 2 aromatic rings. The Kier molecular flexibility index (Phi) is 7.88. The van der Waals surface area contributed by atoms with Crippen molar-refractivity contribution >= 4 is 29.1 Å². The summed E-state index contributed by atoms with van der Waals surface area (Å²) in [5, 5.41) is 8.51. The van der Waals surface area contributed by atoms with Crippen molar-refractivity contribution in [2.24, 2.45) is 12.8 Å². The molecule has 1 amide bonds. The van der Waals surface area contributed by atoms with E-state index in [9.17, 15) is 9.59 Å². The van der Waals surface area contributed by atoms with Crippen molar-refractivity contribution in [1.29, 1.82) is 0 Å². The minimum Gasteiger partial charge on any atom is -0.352 e. The summed E-state index contributed by atoms with van der Waals surface area (Å²) in [6.45, 7) is 2.53. The third-order valence-corrected chi connectivity index (χ3v) is 3.92. The van der Waals surface area contributed by atoms with Crippen molar-refractivity contribution in [3.05, 3.63) is 40.3 Å². The second-order valence-corrected chi connectivity index (χ2v) is 5.74. The Morgan fingerprint density at radius 1 is 1.33 bits per heavy atom. The zero-order chi connectivity index (χ0) is 16.8. The van der Waals surface area contributed by atoms with Gasteiger partial charge in [0.25, 0.3) is 5.56 Å². The first-order valence-electron chi connectivity index (χ1n) is 8.01. The summed E-state index contributed by atoms with van der Waals surface area (Å²) in [5.41, 5.74) is 6.16. The van der Waals surface area contributed by atoms with E-state index in [2.05, 4.69) is 17.3 Å². The molecule has 0 saturated heterocycles. The van der Waals surface area contributed by atoms with Gasteiger partial charge in [0, 0.05) is 25.0 Å². The Hall–Kier alpha value is -1.92. The van der Waals surface area contributed by atoms with Crippen LogP contribution in [-0.2, 0) is 18.3 Å². The van der Waals surface area contributed by atoms with Gasteiger partial charge < -0.3 is 11.1 Å². The molecule has 0 spiro atoms. The third-order valence-electron chi connectivity index (χ3n) is 3.92. The highest BCUT2D eigenvalue weighted by atomic mass is 35.5. The largest absolute Gasteiger partial charge is 0.352 e. The van der Waals surface area contributed by atoms with E-state index in [0.717, 1.165) is 24.6 Å². The third kappa shape index (κ3) is 4.79. The smallest absolute Gasteiger partial charge is 0.274 e. The average Bonchev–Trinajstić information content (AvgIpc) is 2.56. The fourth-order valence-corrected chi connectivity index (χ4v) is 2.64. The lowest BCUT2D eigenvalue weighted by Crippen LogP contribution is -2.41. The van der Waals surface area contributed by atoms with Gasteiger partial charge in [-0.15, -0.1) is 12.4 Å². The summed E-state index contributed by atoms with van der Waals surface area (Å²) < 4.78 is 1.28. The summed E-state index contributed by atoms with van der Waals surface area (Å²) in [6, 6.07) is 7.22. The van der Waals surface area contributed by atoms with Crippen LogP contribution < -0.4 is 16.6 Å². The van der Waals surface area contributed by atoms with Crippen molar-refractivity contribution < 1.29 is 4.79 Å². The van der Waals surface area contributed by atoms with E-state index in [1.54, 1.807) is 13.1 Å². The number of nitrogens with zero attached hydrogens (tertiary/aromatic N) is 2. The second-order valence-electron chi connectivity index (χ2n) is 5.74. The summed E-state index contributed by atoms with van der Waals surface area (Å²) in [5.74, 6) is -0.118. The minimum atomic E-state index is -0.160. The summed E-state index contributed by atoms with van der Waals surface area (Å²) >= 11 is 0. The zero-order valence-electron chi connectivity index (χ0n) is 14.1. The van der Waals surface area contributed by atoms with E-state index in [4.69, 9.17) is 5.73 Å². The molecule has 0 fully saturated rings. The number of benzene rings is 1. The number of carbonyl (C=O) groups excluding carboxylic acids is 1. The molecular formula is C17H25ClN4O2. The van der Waals surface area contributed by atoms with Crippen LogP contribution in [0.25, 0.3) is 10.8 Å². The van der Waals surface area contributed by atoms with Gasteiger partial charge in [0.2, 0.25) is 5.91 Å².